The highest BCUT2D eigenvalue weighted by molar-refractivity contribution is 7.99. The number of thioether (sulfide) groups is 1. The van der Waals surface area contributed by atoms with E-state index in [1.165, 1.54) is 29.8 Å². The zero-order valence-electron chi connectivity index (χ0n) is 13.6. The zero-order chi connectivity index (χ0) is 16.3. The Balaban J connectivity index is 1.71. The van der Waals surface area contributed by atoms with Crippen LogP contribution in [0.4, 0.5) is 5.95 Å². The normalized spacial score (nSPS) is 24.3. The van der Waals surface area contributed by atoms with Gasteiger partial charge in [0.1, 0.15) is 11.2 Å². The van der Waals surface area contributed by atoms with Gasteiger partial charge in [0.2, 0.25) is 5.95 Å². The smallest absolute Gasteiger partial charge is 0.249 e. The molecular weight excluding hydrogens is 340 g/mol. The van der Waals surface area contributed by atoms with Gasteiger partial charge >= 0.3 is 0 Å². The second-order valence-corrected chi connectivity index (χ2v) is 8.67. The molecule has 5 rings (SSSR count). The number of thiophene rings is 1. The summed E-state index contributed by atoms with van der Waals surface area (Å²) in [6.07, 6.45) is 5.75. The summed E-state index contributed by atoms with van der Waals surface area (Å²) in [5.74, 6) is 2.48. The predicted octanol–water partition coefficient (Wildman–Crippen LogP) is 2.62. The molecule has 126 valence electrons. The van der Waals surface area contributed by atoms with Crippen molar-refractivity contribution in [2.75, 3.05) is 17.4 Å². The van der Waals surface area contributed by atoms with E-state index in [2.05, 4.69) is 44.0 Å². The third-order valence-electron chi connectivity index (χ3n) is 4.97. The van der Waals surface area contributed by atoms with Gasteiger partial charge in [0.05, 0.1) is 6.67 Å². The van der Waals surface area contributed by atoms with E-state index < -0.39 is 0 Å². The van der Waals surface area contributed by atoms with Gasteiger partial charge in [0, 0.05) is 16.2 Å². The number of aromatic nitrogens is 3. The average Bonchev–Trinajstić information content (AvgIpc) is 3.27. The van der Waals surface area contributed by atoms with Crippen molar-refractivity contribution in [3.05, 3.63) is 28.7 Å². The number of anilines is 1. The predicted molar refractivity (Wildman–Crippen MR) is 97.7 cm³/mol. The largest absolute Gasteiger partial charge is 0.278 e. The Hall–Kier alpha value is -1.35. The van der Waals surface area contributed by atoms with Crippen molar-refractivity contribution in [1.82, 2.24) is 25.5 Å². The molecule has 0 aromatic carbocycles. The van der Waals surface area contributed by atoms with Gasteiger partial charge in [0.15, 0.2) is 5.16 Å². The first-order valence-electron chi connectivity index (χ1n) is 8.38. The molecule has 2 aromatic rings. The van der Waals surface area contributed by atoms with E-state index in [1.807, 2.05) is 17.4 Å². The number of hydrogen-bond acceptors (Lipinski definition) is 7. The summed E-state index contributed by atoms with van der Waals surface area (Å²) < 4.78 is 2.23. The lowest BCUT2D eigenvalue weighted by molar-refractivity contribution is 0.495. The van der Waals surface area contributed by atoms with Crippen LogP contribution in [0.1, 0.15) is 35.5 Å². The fourth-order valence-corrected chi connectivity index (χ4v) is 5.96. The van der Waals surface area contributed by atoms with E-state index in [0.717, 1.165) is 29.4 Å². The van der Waals surface area contributed by atoms with E-state index in [0.29, 0.717) is 0 Å². The van der Waals surface area contributed by atoms with E-state index >= 15 is 0 Å². The topological polar surface area (TPSA) is 58.0 Å². The van der Waals surface area contributed by atoms with Gasteiger partial charge in [-0.15, -0.1) is 28.1 Å². The second-order valence-electron chi connectivity index (χ2n) is 6.60. The van der Waals surface area contributed by atoms with Crippen LogP contribution in [0.2, 0.25) is 0 Å². The highest BCUT2D eigenvalue weighted by Gasteiger charge is 2.42. The Labute approximate surface area is 149 Å². The first kappa shape index (κ1) is 14.9. The van der Waals surface area contributed by atoms with Crippen molar-refractivity contribution in [3.8, 4) is 5.00 Å². The molecule has 2 aromatic heterocycles. The Morgan fingerprint density at radius 1 is 1.46 bits per heavy atom. The van der Waals surface area contributed by atoms with Crippen LogP contribution in [0, 0.1) is 5.92 Å². The van der Waals surface area contributed by atoms with Crippen molar-refractivity contribution < 1.29 is 0 Å². The third-order valence-corrected chi connectivity index (χ3v) is 7.19. The number of nitrogens with zero attached hydrogens (tertiary/aromatic N) is 4. The van der Waals surface area contributed by atoms with E-state index in [1.54, 1.807) is 22.2 Å². The minimum absolute atomic E-state index is 0.166. The van der Waals surface area contributed by atoms with Gasteiger partial charge in [0.25, 0.3) is 0 Å². The molecule has 8 heteroatoms. The van der Waals surface area contributed by atoms with Crippen LogP contribution in [-0.4, -0.2) is 27.2 Å². The molecule has 4 heterocycles. The number of rotatable bonds is 3. The monoisotopic (exact) mass is 360 g/mol. The molecule has 0 amide bonds. The first-order chi connectivity index (χ1) is 11.8. The fourth-order valence-electron chi connectivity index (χ4n) is 3.86. The zero-order valence-corrected chi connectivity index (χ0v) is 15.2. The summed E-state index contributed by atoms with van der Waals surface area (Å²) >= 11 is 3.62. The minimum Gasteiger partial charge on any atom is -0.278 e. The van der Waals surface area contributed by atoms with Crippen molar-refractivity contribution in [2.45, 2.75) is 37.5 Å². The maximum atomic E-state index is 4.46. The highest BCUT2D eigenvalue weighted by atomic mass is 32.2. The van der Waals surface area contributed by atoms with Crippen molar-refractivity contribution in [2.24, 2.45) is 5.92 Å². The Bertz CT molecular complexity index is 810. The van der Waals surface area contributed by atoms with E-state index in [4.69, 9.17) is 0 Å². The van der Waals surface area contributed by atoms with Crippen LogP contribution in [-0.2, 0) is 12.8 Å². The quantitative estimate of drug-likeness (QED) is 0.648. The number of aryl methyl sites for hydroxylation is 1. The SMILES string of the molecule is C=CCSc1nnc2n1-c1sc3c(c1C1NCNN21)C[C@@H](C)CC3. The highest BCUT2D eigenvalue weighted by Crippen LogP contribution is 2.48. The van der Waals surface area contributed by atoms with Gasteiger partial charge in [-0.3, -0.25) is 10.3 Å². The molecule has 24 heavy (non-hydrogen) atoms. The summed E-state index contributed by atoms with van der Waals surface area (Å²) in [6, 6.07) is 0. The number of hydrogen-bond donors (Lipinski definition) is 2. The van der Waals surface area contributed by atoms with Gasteiger partial charge in [-0.25, -0.2) is 9.99 Å². The molecule has 1 aliphatic carbocycles. The lowest BCUT2D eigenvalue weighted by atomic mass is 9.87. The average molecular weight is 361 g/mol. The van der Waals surface area contributed by atoms with E-state index in [-0.39, 0.29) is 6.17 Å². The Kier molecular flexibility index (Phi) is 3.48. The number of hydrazine groups is 1. The minimum atomic E-state index is 0.166. The first-order valence-corrected chi connectivity index (χ1v) is 10.2. The molecule has 0 spiro atoms. The Morgan fingerprint density at radius 3 is 3.25 bits per heavy atom. The van der Waals surface area contributed by atoms with Crippen molar-refractivity contribution in [1.29, 1.82) is 0 Å². The molecule has 3 aliphatic rings. The molecule has 0 bridgehead atoms. The molecule has 6 nitrogen and oxygen atoms in total. The second kappa shape index (κ2) is 5.59. The molecule has 1 unspecified atom stereocenters. The standard InChI is InChI=1S/C16H20N6S2/c1-3-6-23-16-20-19-15-21(16)14-12(13-17-8-18-22(13)15)10-7-9(2)4-5-11(10)24-14/h3,9,13,17-18H,1,4-8H2,2H3/t9-,13?/m0/s1. The molecular formula is C16H20N6S2. The third kappa shape index (κ3) is 2.03. The van der Waals surface area contributed by atoms with Crippen molar-refractivity contribution in [3.63, 3.8) is 0 Å². The number of nitrogens with one attached hydrogen (secondary N) is 2. The van der Waals surface area contributed by atoms with Crippen LogP contribution >= 0.6 is 23.1 Å². The lowest BCUT2D eigenvalue weighted by Gasteiger charge is -2.31. The fraction of sp³-hybridized carbons (Fsp3) is 0.500. The summed E-state index contributed by atoms with van der Waals surface area (Å²) in [5, 5.41) is 16.9. The lowest BCUT2D eigenvalue weighted by Crippen LogP contribution is -2.39. The maximum Gasteiger partial charge on any atom is 0.249 e. The molecule has 2 N–H and O–H groups in total. The molecule has 2 aliphatic heterocycles. The maximum absolute atomic E-state index is 4.46. The van der Waals surface area contributed by atoms with Crippen LogP contribution in [0.5, 0.6) is 0 Å². The molecule has 1 saturated heterocycles. The molecule has 0 saturated carbocycles. The van der Waals surface area contributed by atoms with Crippen molar-refractivity contribution >= 4 is 29.0 Å². The molecule has 1 fully saturated rings. The summed E-state index contributed by atoms with van der Waals surface area (Å²) in [7, 11) is 0. The summed E-state index contributed by atoms with van der Waals surface area (Å²) in [5.41, 5.74) is 6.39. The van der Waals surface area contributed by atoms with Crippen LogP contribution in [0.25, 0.3) is 5.00 Å². The molecule has 2 atom stereocenters. The summed E-state index contributed by atoms with van der Waals surface area (Å²) in [4.78, 5) is 1.55. The van der Waals surface area contributed by atoms with Gasteiger partial charge in [-0.05, 0) is 30.7 Å². The van der Waals surface area contributed by atoms with Crippen LogP contribution in [0.3, 0.4) is 0 Å². The molecule has 0 radical (unpaired) electrons. The Morgan fingerprint density at radius 2 is 2.38 bits per heavy atom. The van der Waals surface area contributed by atoms with Gasteiger partial charge in [-0.1, -0.05) is 24.8 Å². The summed E-state index contributed by atoms with van der Waals surface area (Å²) in [6.45, 7) is 6.94. The van der Waals surface area contributed by atoms with E-state index in [9.17, 15) is 0 Å². The van der Waals surface area contributed by atoms with Gasteiger partial charge in [-0.2, -0.15) is 0 Å². The van der Waals surface area contributed by atoms with Gasteiger partial charge < -0.3 is 0 Å². The number of fused-ring (bicyclic) bond motifs is 8. The van der Waals surface area contributed by atoms with Crippen LogP contribution < -0.4 is 15.8 Å². The van der Waals surface area contributed by atoms with Crippen LogP contribution in [0.15, 0.2) is 17.8 Å².